The maximum atomic E-state index is 5.53. The van der Waals surface area contributed by atoms with Crippen molar-refractivity contribution in [2.45, 2.75) is 13.8 Å². The summed E-state index contributed by atoms with van der Waals surface area (Å²) in [6.45, 7) is 3.84. The van der Waals surface area contributed by atoms with Crippen LogP contribution >= 0.6 is 11.6 Å². The molecule has 0 spiro atoms. The molecule has 70 valence electrons. The van der Waals surface area contributed by atoms with Gasteiger partial charge in [0.15, 0.2) is 0 Å². The summed E-state index contributed by atoms with van der Waals surface area (Å²) >= 11 is 5.53. The molecule has 0 saturated carbocycles. The summed E-state index contributed by atoms with van der Waals surface area (Å²) < 4.78 is 0. The van der Waals surface area contributed by atoms with E-state index in [9.17, 15) is 0 Å². The van der Waals surface area contributed by atoms with Crippen molar-refractivity contribution in [3.05, 3.63) is 34.9 Å². The highest BCUT2D eigenvalue weighted by molar-refractivity contribution is 6.31. The Labute approximate surface area is 81.3 Å². The summed E-state index contributed by atoms with van der Waals surface area (Å²) in [4.78, 5) is 0. The van der Waals surface area contributed by atoms with E-state index in [1.54, 1.807) is 12.4 Å². The van der Waals surface area contributed by atoms with Crippen molar-refractivity contribution in [3.63, 3.8) is 0 Å². The zero-order valence-corrected chi connectivity index (χ0v) is 8.26. The average Bonchev–Trinajstić information content (AvgIpc) is 2.67. The molecule has 0 aliphatic carbocycles. The fourth-order valence-electron chi connectivity index (χ4n) is 0.661. The molecule has 0 saturated heterocycles. The molecule has 5 heteroatoms. The number of aromatic nitrogens is 4. The van der Waals surface area contributed by atoms with Crippen LogP contribution in [0.25, 0.3) is 0 Å². The van der Waals surface area contributed by atoms with Gasteiger partial charge in [-0.3, -0.25) is 10.2 Å². The molecule has 2 aromatic rings. The number of hydrogen-bond acceptors (Lipinski definition) is 2. The molecule has 0 aromatic carbocycles. The Bertz CT molecular complexity index is 322. The molecule has 0 unspecified atom stereocenters. The molecule has 13 heavy (non-hydrogen) atoms. The smallest absolute Gasteiger partial charge is 0.0812 e. The largest absolute Gasteiger partial charge is 0.283 e. The Morgan fingerprint density at radius 3 is 2.15 bits per heavy atom. The van der Waals surface area contributed by atoms with Crippen LogP contribution in [0.1, 0.15) is 11.4 Å². The Balaban J connectivity index is 0.000000132. The van der Waals surface area contributed by atoms with Crippen LogP contribution < -0.4 is 0 Å². The number of nitrogens with one attached hydrogen (secondary N) is 2. The van der Waals surface area contributed by atoms with Gasteiger partial charge < -0.3 is 0 Å². The van der Waals surface area contributed by atoms with Crippen LogP contribution in [0.15, 0.2) is 18.5 Å². The van der Waals surface area contributed by atoms with Crippen LogP contribution in [0.5, 0.6) is 0 Å². The van der Waals surface area contributed by atoms with Gasteiger partial charge in [0.25, 0.3) is 0 Å². The number of rotatable bonds is 0. The monoisotopic (exact) mass is 198 g/mol. The molecular formula is C8H11ClN4. The number of aromatic amines is 2. The van der Waals surface area contributed by atoms with E-state index >= 15 is 0 Å². The van der Waals surface area contributed by atoms with Crippen molar-refractivity contribution in [2.75, 3.05) is 0 Å². The lowest BCUT2D eigenvalue weighted by Crippen LogP contribution is -1.67. The molecule has 0 aliphatic heterocycles. The van der Waals surface area contributed by atoms with E-state index in [4.69, 9.17) is 11.6 Å². The number of halogens is 1. The first-order valence-electron chi connectivity index (χ1n) is 3.81. The Morgan fingerprint density at radius 2 is 2.00 bits per heavy atom. The third-order valence-corrected chi connectivity index (χ3v) is 1.79. The lowest BCUT2D eigenvalue weighted by Gasteiger charge is -1.76. The SMILES string of the molecule is Cc1[nH]ncc1Cl.Cc1ccn[nH]1. The van der Waals surface area contributed by atoms with E-state index in [1.165, 1.54) is 0 Å². The van der Waals surface area contributed by atoms with Gasteiger partial charge in [0.2, 0.25) is 0 Å². The van der Waals surface area contributed by atoms with Gasteiger partial charge >= 0.3 is 0 Å². The highest BCUT2D eigenvalue weighted by atomic mass is 35.5. The fourth-order valence-corrected chi connectivity index (χ4v) is 0.752. The molecule has 0 radical (unpaired) electrons. The second-order valence-corrected chi connectivity index (χ2v) is 2.99. The molecule has 4 nitrogen and oxygen atoms in total. The van der Waals surface area contributed by atoms with Crippen molar-refractivity contribution >= 4 is 11.6 Å². The molecule has 0 aliphatic rings. The van der Waals surface area contributed by atoms with Crippen molar-refractivity contribution in [3.8, 4) is 0 Å². The predicted octanol–water partition coefficient (Wildman–Crippen LogP) is 2.09. The number of nitrogens with zero attached hydrogens (tertiary/aromatic N) is 2. The lowest BCUT2D eigenvalue weighted by molar-refractivity contribution is 1.05. The Kier molecular flexibility index (Phi) is 3.52. The van der Waals surface area contributed by atoms with E-state index in [0.717, 1.165) is 11.4 Å². The van der Waals surface area contributed by atoms with Crippen LogP contribution in [-0.2, 0) is 0 Å². The Hall–Kier alpha value is -1.29. The van der Waals surface area contributed by atoms with Crippen LogP contribution in [0.4, 0.5) is 0 Å². The van der Waals surface area contributed by atoms with E-state index in [1.807, 2.05) is 19.9 Å². The zero-order chi connectivity index (χ0) is 9.68. The summed E-state index contributed by atoms with van der Waals surface area (Å²) in [5.41, 5.74) is 2.02. The maximum Gasteiger partial charge on any atom is 0.0812 e. The molecule has 2 rings (SSSR count). The minimum absolute atomic E-state index is 0.694. The predicted molar refractivity (Wildman–Crippen MR) is 51.7 cm³/mol. The molecule has 2 heterocycles. The molecule has 2 N–H and O–H groups in total. The first-order chi connectivity index (χ1) is 6.20. The second-order valence-electron chi connectivity index (χ2n) is 2.58. The van der Waals surface area contributed by atoms with Gasteiger partial charge in [0.1, 0.15) is 0 Å². The van der Waals surface area contributed by atoms with E-state index < -0.39 is 0 Å². The number of aryl methyl sites for hydroxylation is 2. The Morgan fingerprint density at radius 1 is 1.23 bits per heavy atom. The molecule has 0 fully saturated rings. The minimum atomic E-state index is 0.694. The normalized spacial score (nSPS) is 9.15. The lowest BCUT2D eigenvalue weighted by atomic mass is 10.5. The summed E-state index contributed by atoms with van der Waals surface area (Å²) in [7, 11) is 0. The van der Waals surface area contributed by atoms with Gasteiger partial charge in [-0.25, -0.2) is 0 Å². The van der Waals surface area contributed by atoms with Crippen molar-refractivity contribution in [2.24, 2.45) is 0 Å². The zero-order valence-electron chi connectivity index (χ0n) is 7.50. The first kappa shape index (κ1) is 9.80. The molecule has 0 atom stereocenters. The molecule has 0 amide bonds. The molecule has 2 aromatic heterocycles. The average molecular weight is 199 g/mol. The topological polar surface area (TPSA) is 57.4 Å². The van der Waals surface area contributed by atoms with Crippen molar-refractivity contribution in [1.82, 2.24) is 20.4 Å². The van der Waals surface area contributed by atoms with Crippen molar-refractivity contribution < 1.29 is 0 Å². The summed E-state index contributed by atoms with van der Waals surface area (Å²) in [6.07, 6.45) is 3.31. The van der Waals surface area contributed by atoms with Crippen LogP contribution in [-0.4, -0.2) is 20.4 Å². The summed E-state index contributed by atoms with van der Waals surface area (Å²) in [6, 6.07) is 1.92. The standard InChI is InChI=1S/C4H5ClN2.C4H6N2/c1-3-4(5)2-6-7-3;1-4-2-3-5-6-4/h2H,1H3,(H,6,7);2-3H,1H3,(H,5,6). The van der Waals surface area contributed by atoms with Gasteiger partial charge in [-0.1, -0.05) is 11.6 Å². The first-order valence-corrected chi connectivity index (χ1v) is 4.19. The van der Waals surface area contributed by atoms with Gasteiger partial charge in [0, 0.05) is 11.9 Å². The highest BCUT2D eigenvalue weighted by Crippen LogP contribution is 2.07. The van der Waals surface area contributed by atoms with Gasteiger partial charge in [-0.05, 0) is 19.9 Å². The third kappa shape index (κ3) is 3.29. The quantitative estimate of drug-likeness (QED) is 0.681. The van der Waals surface area contributed by atoms with E-state index in [0.29, 0.717) is 5.02 Å². The minimum Gasteiger partial charge on any atom is -0.283 e. The van der Waals surface area contributed by atoms with Gasteiger partial charge in [-0.2, -0.15) is 10.2 Å². The second kappa shape index (κ2) is 4.67. The van der Waals surface area contributed by atoms with Crippen molar-refractivity contribution in [1.29, 1.82) is 0 Å². The number of hydrogen-bond donors (Lipinski definition) is 2. The summed E-state index contributed by atoms with van der Waals surface area (Å²) in [5.74, 6) is 0. The fraction of sp³-hybridized carbons (Fsp3) is 0.250. The molecular weight excluding hydrogens is 188 g/mol. The van der Waals surface area contributed by atoms with Crippen LogP contribution in [0.3, 0.4) is 0 Å². The maximum absolute atomic E-state index is 5.53. The van der Waals surface area contributed by atoms with Crippen LogP contribution in [0.2, 0.25) is 5.02 Å². The van der Waals surface area contributed by atoms with Gasteiger partial charge in [-0.15, -0.1) is 0 Å². The van der Waals surface area contributed by atoms with Gasteiger partial charge in [0.05, 0.1) is 16.9 Å². The van der Waals surface area contributed by atoms with E-state index in [2.05, 4.69) is 20.4 Å². The van der Waals surface area contributed by atoms with E-state index in [-0.39, 0.29) is 0 Å². The van der Waals surface area contributed by atoms with Crippen LogP contribution in [0, 0.1) is 13.8 Å². The highest BCUT2D eigenvalue weighted by Gasteiger charge is 1.90. The molecule has 0 bridgehead atoms. The summed E-state index contributed by atoms with van der Waals surface area (Å²) in [5, 5.41) is 13.5. The third-order valence-electron chi connectivity index (χ3n) is 1.41. The number of H-pyrrole nitrogens is 2.